The summed E-state index contributed by atoms with van der Waals surface area (Å²) in [6.07, 6.45) is 6.61. The van der Waals surface area contributed by atoms with Gasteiger partial charge in [-0.15, -0.1) is 11.3 Å². The lowest BCUT2D eigenvalue weighted by Gasteiger charge is -2.30. The third-order valence-electron chi connectivity index (χ3n) is 4.77. The summed E-state index contributed by atoms with van der Waals surface area (Å²) < 4.78 is 6.29. The number of carbonyl (C=O) groups is 2. The lowest BCUT2D eigenvalue weighted by Crippen LogP contribution is -2.45. The lowest BCUT2D eigenvalue weighted by atomic mass is 9.86. The number of esters is 1. The zero-order valence-corrected chi connectivity index (χ0v) is 15.9. The van der Waals surface area contributed by atoms with Crippen LogP contribution in [-0.2, 0) is 14.3 Å². The number of aromatic nitrogens is 1. The van der Waals surface area contributed by atoms with Crippen molar-refractivity contribution in [3.8, 4) is 0 Å². The van der Waals surface area contributed by atoms with Crippen molar-refractivity contribution in [1.29, 1.82) is 0 Å². The molecule has 138 valence electrons. The maximum Gasteiger partial charge on any atom is 0.331 e. The fourth-order valence-corrected chi connectivity index (χ4v) is 4.07. The number of para-hydroxylation sites is 1. The molecule has 1 amide bonds. The van der Waals surface area contributed by atoms with Crippen LogP contribution in [0.1, 0.15) is 44.5 Å². The Morgan fingerprint density at radius 1 is 1.31 bits per heavy atom. The van der Waals surface area contributed by atoms with E-state index in [1.807, 2.05) is 24.3 Å². The van der Waals surface area contributed by atoms with E-state index in [0.29, 0.717) is 5.92 Å². The number of nitrogens with one attached hydrogen (secondary N) is 1. The quantitative estimate of drug-likeness (QED) is 0.638. The Labute approximate surface area is 157 Å². The highest BCUT2D eigenvalue weighted by atomic mass is 32.1. The second kappa shape index (κ2) is 8.45. The third kappa shape index (κ3) is 4.69. The summed E-state index contributed by atoms with van der Waals surface area (Å²) in [5.74, 6) is -0.302. The minimum Gasteiger partial charge on any atom is -0.449 e. The summed E-state index contributed by atoms with van der Waals surface area (Å²) in [6.45, 7) is 3.76. The van der Waals surface area contributed by atoms with Crippen molar-refractivity contribution in [3.05, 3.63) is 35.3 Å². The normalized spacial score (nSPS) is 21.6. The molecule has 1 fully saturated rings. The molecular formula is C20H24N2O3S. The van der Waals surface area contributed by atoms with E-state index in [1.54, 1.807) is 13.0 Å². The van der Waals surface area contributed by atoms with Crippen LogP contribution in [0.5, 0.6) is 0 Å². The largest absolute Gasteiger partial charge is 0.449 e. The minimum absolute atomic E-state index is 0.177. The van der Waals surface area contributed by atoms with Crippen LogP contribution in [0.15, 0.2) is 30.3 Å². The van der Waals surface area contributed by atoms with Gasteiger partial charge in [0.1, 0.15) is 5.01 Å². The van der Waals surface area contributed by atoms with Gasteiger partial charge in [0.2, 0.25) is 0 Å². The number of ether oxygens (including phenoxy) is 1. The van der Waals surface area contributed by atoms with Crippen LogP contribution in [0.3, 0.4) is 0 Å². The van der Waals surface area contributed by atoms with Crippen LogP contribution in [0.2, 0.25) is 0 Å². The van der Waals surface area contributed by atoms with Gasteiger partial charge in [-0.1, -0.05) is 31.9 Å². The summed E-state index contributed by atoms with van der Waals surface area (Å²) >= 11 is 1.50. The predicted octanol–water partition coefficient (Wildman–Crippen LogP) is 3.94. The molecule has 3 atom stereocenters. The average molecular weight is 372 g/mol. The number of thiazole rings is 1. The highest BCUT2D eigenvalue weighted by Gasteiger charge is 2.25. The van der Waals surface area contributed by atoms with Crippen LogP contribution >= 0.6 is 11.3 Å². The second-order valence-corrected chi connectivity index (χ2v) is 7.87. The molecule has 5 nitrogen and oxygen atoms in total. The van der Waals surface area contributed by atoms with Crippen LogP contribution in [0, 0.1) is 5.92 Å². The molecule has 1 aromatic heterocycles. The fourth-order valence-electron chi connectivity index (χ4n) is 3.20. The van der Waals surface area contributed by atoms with Crippen molar-refractivity contribution in [2.45, 2.75) is 51.7 Å². The first-order valence-electron chi connectivity index (χ1n) is 9.07. The maximum absolute atomic E-state index is 12.3. The van der Waals surface area contributed by atoms with Gasteiger partial charge in [0.15, 0.2) is 6.10 Å². The van der Waals surface area contributed by atoms with Gasteiger partial charge in [0, 0.05) is 12.1 Å². The Bertz CT molecular complexity index is 781. The number of benzene rings is 1. The van der Waals surface area contributed by atoms with Crippen LogP contribution < -0.4 is 5.32 Å². The molecule has 1 N–H and O–H groups in total. The standard InChI is InChI=1S/C20H24N2O3S/c1-13-7-3-4-8-15(13)22-20(24)14(2)25-19(23)12-11-18-21-16-9-5-6-10-17(16)26-18/h5-6,9-15H,3-4,7-8H2,1-2H3,(H,22,24)/b12-11+/t13-,14+,15+/m0/s1. The van der Waals surface area contributed by atoms with Crippen molar-refractivity contribution in [3.63, 3.8) is 0 Å². The summed E-state index contributed by atoms with van der Waals surface area (Å²) in [7, 11) is 0. The van der Waals surface area contributed by atoms with E-state index in [2.05, 4.69) is 17.2 Å². The van der Waals surface area contributed by atoms with Crippen molar-refractivity contribution < 1.29 is 14.3 Å². The topological polar surface area (TPSA) is 68.3 Å². The molecule has 0 saturated heterocycles. The number of nitrogens with zero attached hydrogens (tertiary/aromatic N) is 1. The van der Waals surface area contributed by atoms with E-state index in [-0.39, 0.29) is 11.9 Å². The highest BCUT2D eigenvalue weighted by Crippen LogP contribution is 2.24. The first kappa shape index (κ1) is 18.6. The van der Waals surface area contributed by atoms with Crippen molar-refractivity contribution in [1.82, 2.24) is 10.3 Å². The molecule has 1 saturated carbocycles. The molecule has 1 aromatic carbocycles. The number of carbonyl (C=O) groups excluding carboxylic acids is 2. The highest BCUT2D eigenvalue weighted by molar-refractivity contribution is 7.19. The Morgan fingerprint density at radius 3 is 2.85 bits per heavy atom. The fraction of sp³-hybridized carbons (Fsp3) is 0.450. The van der Waals surface area contributed by atoms with E-state index < -0.39 is 12.1 Å². The van der Waals surface area contributed by atoms with Crippen LogP contribution in [-0.4, -0.2) is 29.0 Å². The monoisotopic (exact) mass is 372 g/mol. The smallest absolute Gasteiger partial charge is 0.331 e. The lowest BCUT2D eigenvalue weighted by molar-refractivity contribution is -0.150. The molecule has 26 heavy (non-hydrogen) atoms. The zero-order chi connectivity index (χ0) is 18.5. The van der Waals surface area contributed by atoms with Gasteiger partial charge in [-0.3, -0.25) is 4.79 Å². The Hall–Kier alpha value is -2.21. The first-order valence-corrected chi connectivity index (χ1v) is 9.89. The summed E-state index contributed by atoms with van der Waals surface area (Å²) in [4.78, 5) is 28.7. The Morgan fingerprint density at radius 2 is 2.08 bits per heavy atom. The van der Waals surface area contributed by atoms with Gasteiger partial charge in [0.25, 0.3) is 5.91 Å². The van der Waals surface area contributed by atoms with Crippen molar-refractivity contribution in [2.75, 3.05) is 0 Å². The molecule has 6 heteroatoms. The number of rotatable bonds is 5. The van der Waals surface area contributed by atoms with Crippen LogP contribution in [0.25, 0.3) is 16.3 Å². The molecule has 0 spiro atoms. The van der Waals surface area contributed by atoms with Gasteiger partial charge in [-0.25, -0.2) is 9.78 Å². The van der Waals surface area contributed by atoms with E-state index >= 15 is 0 Å². The number of amides is 1. The Balaban J connectivity index is 1.52. The third-order valence-corrected chi connectivity index (χ3v) is 5.78. The molecule has 3 rings (SSSR count). The molecule has 1 heterocycles. The predicted molar refractivity (Wildman–Crippen MR) is 104 cm³/mol. The van der Waals surface area contributed by atoms with E-state index in [1.165, 1.54) is 23.8 Å². The van der Waals surface area contributed by atoms with Gasteiger partial charge in [-0.05, 0) is 43.9 Å². The van der Waals surface area contributed by atoms with Crippen molar-refractivity contribution >= 4 is 39.5 Å². The average Bonchev–Trinajstić information content (AvgIpc) is 3.05. The number of hydrogen-bond acceptors (Lipinski definition) is 5. The van der Waals surface area contributed by atoms with Gasteiger partial charge in [-0.2, -0.15) is 0 Å². The molecule has 2 aromatic rings. The van der Waals surface area contributed by atoms with Crippen LogP contribution in [0.4, 0.5) is 0 Å². The van der Waals surface area contributed by atoms with E-state index in [0.717, 1.165) is 34.5 Å². The van der Waals surface area contributed by atoms with E-state index in [4.69, 9.17) is 4.74 Å². The summed E-state index contributed by atoms with van der Waals surface area (Å²) in [5.41, 5.74) is 0.903. The zero-order valence-electron chi connectivity index (χ0n) is 15.1. The molecule has 0 bridgehead atoms. The molecule has 0 radical (unpaired) electrons. The van der Waals surface area contributed by atoms with Gasteiger partial charge in [0.05, 0.1) is 10.2 Å². The molecular weight excluding hydrogens is 348 g/mol. The maximum atomic E-state index is 12.3. The molecule has 1 aliphatic rings. The Kier molecular flexibility index (Phi) is 6.04. The SMILES string of the molecule is C[C@@H](OC(=O)/C=C/c1nc2ccccc2s1)C(=O)N[C@@H]1CCCC[C@@H]1C. The van der Waals surface area contributed by atoms with Crippen molar-refractivity contribution in [2.24, 2.45) is 5.92 Å². The van der Waals surface area contributed by atoms with Gasteiger partial charge < -0.3 is 10.1 Å². The minimum atomic E-state index is -0.809. The van der Waals surface area contributed by atoms with E-state index in [9.17, 15) is 9.59 Å². The molecule has 1 aliphatic carbocycles. The summed E-state index contributed by atoms with van der Waals surface area (Å²) in [6, 6.07) is 7.98. The van der Waals surface area contributed by atoms with Gasteiger partial charge >= 0.3 is 5.97 Å². The molecule has 0 aliphatic heterocycles. The number of fused-ring (bicyclic) bond motifs is 1. The first-order chi connectivity index (χ1) is 12.5. The number of hydrogen-bond donors (Lipinski definition) is 1. The summed E-state index contributed by atoms with van der Waals surface area (Å²) in [5, 5.41) is 3.75. The second-order valence-electron chi connectivity index (χ2n) is 6.81. The molecule has 0 unspecified atom stereocenters.